The van der Waals surface area contributed by atoms with Gasteiger partial charge in [0.15, 0.2) is 0 Å². The minimum atomic E-state index is -0.398. The number of carbonyl (C=O) groups is 3. The molecule has 3 saturated heterocycles. The van der Waals surface area contributed by atoms with Crippen LogP contribution in [-0.4, -0.2) is 101 Å². The Hall–Kier alpha value is -5.21. The maximum absolute atomic E-state index is 13.1. The molecule has 3 aliphatic rings. The van der Waals surface area contributed by atoms with Gasteiger partial charge in [0.2, 0.25) is 17.7 Å². The molecule has 0 bridgehead atoms. The summed E-state index contributed by atoms with van der Waals surface area (Å²) in [5, 5.41) is 16.5. The summed E-state index contributed by atoms with van der Waals surface area (Å²) in [6.07, 6.45) is 7.11. The number of fused-ring (bicyclic) bond motifs is 1. The Morgan fingerprint density at radius 2 is 1.67 bits per heavy atom. The van der Waals surface area contributed by atoms with E-state index in [4.69, 9.17) is 9.47 Å². The predicted molar refractivity (Wildman–Crippen MR) is 196 cm³/mol. The summed E-state index contributed by atoms with van der Waals surface area (Å²) >= 11 is 0. The Bertz CT molecular complexity index is 1990. The van der Waals surface area contributed by atoms with E-state index in [0.717, 1.165) is 73.2 Å². The van der Waals surface area contributed by atoms with Crippen LogP contribution in [0.3, 0.4) is 0 Å². The highest BCUT2D eigenvalue weighted by atomic mass is 16.5. The molecule has 3 aliphatic heterocycles. The molecule has 0 radical (unpaired) electrons. The molecular formula is C38H46N8O6. The van der Waals surface area contributed by atoms with E-state index in [1.807, 2.05) is 24.3 Å². The lowest BCUT2D eigenvalue weighted by Gasteiger charge is -2.32. The van der Waals surface area contributed by atoms with Crippen LogP contribution in [0.4, 0.5) is 5.69 Å². The molecule has 4 aromatic rings. The van der Waals surface area contributed by atoms with Crippen LogP contribution >= 0.6 is 0 Å². The zero-order valence-corrected chi connectivity index (χ0v) is 29.9. The maximum Gasteiger partial charge on any atom is 0.276 e. The van der Waals surface area contributed by atoms with Gasteiger partial charge in [-0.1, -0.05) is 12.1 Å². The smallest absolute Gasteiger partial charge is 0.276 e. The molecule has 5 heterocycles. The molecule has 0 saturated carbocycles. The third kappa shape index (κ3) is 7.53. The van der Waals surface area contributed by atoms with Gasteiger partial charge in [-0.15, -0.1) is 0 Å². The Labute approximate surface area is 301 Å². The SMILES string of the molecule is COc1cc(-c2cn(C)c(=O)c3[nH]ncc23)cc(OC)c1CN1CC[C@@H](NC(=O)CN2CCC(c3ccc(NC4CCC(=O)NC4=O)cc3)CC2)C1. The Morgan fingerprint density at radius 3 is 2.37 bits per heavy atom. The minimum Gasteiger partial charge on any atom is -0.496 e. The molecular weight excluding hydrogens is 664 g/mol. The average Bonchev–Trinajstić information content (AvgIpc) is 3.82. The van der Waals surface area contributed by atoms with Crippen molar-refractivity contribution in [3.63, 3.8) is 0 Å². The van der Waals surface area contributed by atoms with Crippen LogP contribution in [0.15, 0.2) is 53.6 Å². The lowest BCUT2D eigenvalue weighted by molar-refractivity contribution is -0.133. The van der Waals surface area contributed by atoms with Crippen LogP contribution in [0.25, 0.3) is 22.0 Å². The second-order valence-corrected chi connectivity index (χ2v) is 14.1. The number of aromatic amines is 1. The lowest BCUT2D eigenvalue weighted by Crippen LogP contribution is -2.47. The fourth-order valence-corrected chi connectivity index (χ4v) is 7.78. The first kappa shape index (κ1) is 35.2. The third-order valence-corrected chi connectivity index (χ3v) is 10.6. The number of benzene rings is 2. The first-order valence-corrected chi connectivity index (χ1v) is 17.9. The molecule has 0 spiro atoms. The summed E-state index contributed by atoms with van der Waals surface area (Å²) in [6.45, 7) is 4.26. The summed E-state index contributed by atoms with van der Waals surface area (Å²) in [5.41, 5.74) is 5.05. The van der Waals surface area contributed by atoms with E-state index in [1.165, 1.54) is 10.1 Å². The van der Waals surface area contributed by atoms with Gasteiger partial charge in [-0.05, 0) is 80.1 Å². The van der Waals surface area contributed by atoms with Crippen molar-refractivity contribution in [2.75, 3.05) is 52.3 Å². The highest BCUT2D eigenvalue weighted by Crippen LogP contribution is 2.38. The van der Waals surface area contributed by atoms with Gasteiger partial charge in [0.1, 0.15) is 23.1 Å². The third-order valence-electron chi connectivity index (χ3n) is 10.6. The number of hydrogen-bond donors (Lipinski definition) is 4. The van der Waals surface area contributed by atoms with Gasteiger partial charge in [-0.3, -0.25) is 39.4 Å². The number of likely N-dealkylation sites (tertiary alicyclic amines) is 2. The van der Waals surface area contributed by atoms with Crippen molar-refractivity contribution in [3.05, 3.63) is 70.3 Å². The normalized spacial score (nSPS) is 20.2. The summed E-state index contributed by atoms with van der Waals surface area (Å²) < 4.78 is 13.3. The molecule has 274 valence electrons. The van der Waals surface area contributed by atoms with Crippen LogP contribution in [0, 0.1) is 0 Å². The summed E-state index contributed by atoms with van der Waals surface area (Å²) in [5.74, 6) is 1.36. The fraction of sp³-hybridized carbons (Fsp3) is 0.447. The van der Waals surface area contributed by atoms with Crippen LogP contribution in [0.2, 0.25) is 0 Å². The molecule has 3 amide bonds. The summed E-state index contributed by atoms with van der Waals surface area (Å²) in [4.78, 5) is 53.8. The molecule has 52 heavy (non-hydrogen) atoms. The number of piperidine rings is 2. The number of nitrogens with zero attached hydrogens (tertiary/aromatic N) is 4. The second-order valence-electron chi connectivity index (χ2n) is 14.1. The number of carbonyl (C=O) groups excluding carboxylic acids is 3. The molecule has 2 aromatic heterocycles. The number of nitrogens with one attached hydrogen (secondary N) is 4. The number of hydrogen-bond acceptors (Lipinski definition) is 10. The minimum absolute atomic E-state index is 0.0523. The molecule has 14 nitrogen and oxygen atoms in total. The summed E-state index contributed by atoms with van der Waals surface area (Å²) in [7, 11) is 5.01. The van der Waals surface area contributed by atoms with Gasteiger partial charge in [-0.2, -0.15) is 5.10 Å². The number of ether oxygens (including phenoxy) is 2. The van der Waals surface area contributed by atoms with Gasteiger partial charge in [-0.25, -0.2) is 0 Å². The zero-order chi connectivity index (χ0) is 36.4. The Morgan fingerprint density at radius 1 is 0.962 bits per heavy atom. The Kier molecular flexibility index (Phi) is 10.3. The molecule has 2 aromatic carbocycles. The van der Waals surface area contributed by atoms with Crippen molar-refractivity contribution in [2.45, 2.75) is 56.7 Å². The van der Waals surface area contributed by atoms with Crippen LogP contribution in [-0.2, 0) is 28.0 Å². The molecule has 14 heteroatoms. The predicted octanol–water partition coefficient (Wildman–Crippen LogP) is 2.73. The highest BCUT2D eigenvalue weighted by molar-refractivity contribution is 6.01. The van der Waals surface area contributed by atoms with Crippen molar-refractivity contribution < 1.29 is 23.9 Å². The molecule has 7 rings (SSSR count). The number of aromatic nitrogens is 3. The average molecular weight is 711 g/mol. The van der Waals surface area contributed by atoms with Crippen molar-refractivity contribution in [2.24, 2.45) is 7.05 Å². The number of methoxy groups -OCH3 is 2. The van der Waals surface area contributed by atoms with Crippen molar-refractivity contribution in [1.82, 2.24) is 35.2 Å². The van der Waals surface area contributed by atoms with E-state index < -0.39 is 6.04 Å². The fourth-order valence-electron chi connectivity index (χ4n) is 7.78. The van der Waals surface area contributed by atoms with Crippen LogP contribution in [0.1, 0.15) is 49.1 Å². The van der Waals surface area contributed by atoms with Crippen molar-refractivity contribution in [1.29, 1.82) is 0 Å². The van der Waals surface area contributed by atoms with E-state index >= 15 is 0 Å². The number of anilines is 1. The van der Waals surface area contributed by atoms with Crippen LogP contribution in [0.5, 0.6) is 11.5 Å². The molecule has 4 N–H and O–H groups in total. The topological polar surface area (TPSA) is 163 Å². The Balaban J connectivity index is 0.896. The molecule has 3 fully saturated rings. The molecule has 1 unspecified atom stereocenters. The quantitative estimate of drug-likeness (QED) is 0.170. The number of aryl methyl sites for hydroxylation is 1. The zero-order valence-electron chi connectivity index (χ0n) is 29.9. The number of amides is 3. The van der Waals surface area contributed by atoms with Gasteiger partial charge in [0, 0.05) is 62.0 Å². The van der Waals surface area contributed by atoms with E-state index in [2.05, 4.69) is 48.1 Å². The highest BCUT2D eigenvalue weighted by Gasteiger charge is 2.29. The molecule has 0 aliphatic carbocycles. The maximum atomic E-state index is 13.1. The van der Waals surface area contributed by atoms with Gasteiger partial charge in [0.05, 0.1) is 32.5 Å². The van der Waals surface area contributed by atoms with Crippen LogP contribution < -0.4 is 31.0 Å². The number of pyridine rings is 1. The largest absolute Gasteiger partial charge is 0.496 e. The van der Waals surface area contributed by atoms with Gasteiger partial charge < -0.3 is 24.7 Å². The first-order valence-electron chi connectivity index (χ1n) is 17.9. The monoisotopic (exact) mass is 710 g/mol. The van der Waals surface area contributed by atoms with E-state index in [-0.39, 0.29) is 29.3 Å². The standard InChI is InChI=1S/C38H46N8O6/c1-44-20-29(28-18-39-43-36(28)38(44)50)25-16-32(51-2)30(33(17-25)52-3)21-46-15-12-27(19-46)41-35(48)22-45-13-10-24(11-14-45)23-4-6-26(7-5-23)40-31-8-9-34(47)42-37(31)49/h4-7,16-18,20,24,27,31,40H,8-15,19,21-22H2,1-3H3,(H,39,43)(H,41,48)(H,42,47,49)/t27-,31?/m1/s1. The number of H-pyrrole nitrogens is 1. The molecule has 2 atom stereocenters. The van der Waals surface area contributed by atoms with E-state index in [9.17, 15) is 19.2 Å². The van der Waals surface area contributed by atoms with Crippen molar-refractivity contribution >= 4 is 34.3 Å². The van der Waals surface area contributed by atoms with Gasteiger partial charge in [0.25, 0.3) is 5.56 Å². The number of imide groups is 1. The first-order chi connectivity index (χ1) is 25.2. The lowest BCUT2D eigenvalue weighted by atomic mass is 9.89. The summed E-state index contributed by atoms with van der Waals surface area (Å²) in [6, 6.07) is 11.8. The van der Waals surface area contributed by atoms with Crippen molar-refractivity contribution in [3.8, 4) is 22.6 Å². The van der Waals surface area contributed by atoms with E-state index in [1.54, 1.807) is 33.7 Å². The van der Waals surface area contributed by atoms with Gasteiger partial charge >= 0.3 is 0 Å². The van der Waals surface area contributed by atoms with E-state index in [0.29, 0.717) is 48.9 Å². The second kappa shape index (κ2) is 15.2. The number of rotatable bonds is 11.